The molecule has 0 saturated heterocycles. The van der Waals surface area contributed by atoms with Crippen molar-refractivity contribution in [2.75, 3.05) is 7.11 Å². The average Bonchev–Trinajstić information content (AvgIpc) is 1.62. The molecule has 0 aliphatic rings. The van der Waals surface area contributed by atoms with Crippen LogP contribution in [0.2, 0.25) is 0 Å². The van der Waals surface area contributed by atoms with E-state index in [9.17, 15) is 4.79 Å². The molecule has 0 aliphatic carbocycles. The number of hydrogen-bond donors (Lipinski definition) is 0. The van der Waals surface area contributed by atoms with Crippen LogP contribution < -0.4 is 0 Å². The number of rotatable bonds is 1. The van der Waals surface area contributed by atoms with E-state index in [0.717, 1.165) is 0 Å². The Morgan fingerprint density at radius 3 is 2.00 bits per heavy atom. The lowest BCUT2D eigenvalue weighted by molar-refractivity contribution is -0.142. The van der Waals surface area contributed by atoms with Crippen LogP contribution in [0.15, 0.2) is 0 Å². The quantitative estimate of drug-likeness (QED) is 0.392. The van der Waals surface area contributed by atoms with Gasteiger partial charge in [0.05, 0.1) is 12.3 Å². The Balaban J connectivity index is 3.82. The largest absolute Gasteiger partial charge is 0.468 e. The molecule has 0 bridgehead atoms. The van der Waals surface area contributed by atoms with Gasteiger partial charge >= 0.3 is 5.97 Å². The Bertz CT molecular complexity index is 93.1. The average molecular weight is 134 g/mol. The molecule has 0 fully saturated rings. The third-order valence-corrected chi connectivity index (χ3v) is 0.947. The van der Waals surface area contributed by atoms with Gasteiger partial charge in [-0.1, -0.05) is 0 Å². The molecule has 0 aromatic heterocycles. The molecule has 1 atom stereocenters. The molecule has 3 heteroatoms. The van der Waals surface area contributed by atoms with Crippen LogP contribution in [0.4, 0.5) is 0 Å². The molecule has 0 amide bonds. The molecule has 0 rings (SSSR count). The van der Waals surface area contributed by atoms with E-state index in [0.29, 0.717) is 0 Å². The van der Waals surface area contributed by atoms with Gasteiger partial charge in [-0.05, 0) is 13.8 Å². The van der Waals surface area contributed by atoms with Crippen LogP contribution in [0.3, 0.4) is 0 Å². The summed E-state index contributed by atoms with van der Waals surface area (Å²) in [7, 11) is 3.78. The molecule has 0 aromatic rings. The summed E-state index contributed by atoms with van der Waals surface area (Å²) >= 11 is 0. The summed E-state index contributed by atoms with van der Waals surface area (Å²) in [6.07, 6.45) is 0. The van der Waals surface area contributed by atoms with Crippen molar-refractivity contribution in [3.8, 4) is 0 Å². The number of carbonyl (C=O) groups is 1. The van der Waals surface area contributed by atoms with E-state index in [2.05, 4.69) is 14.0 Å². The molecule has 0 aromatic carbocycles. The summed E-state index contributed by atoms with van der Waals surface area (Å²) in [6, 6.07) is 0. The Hall–Kier alpha value is -0.100. The maximum Gasteiger partial charge on any atom is 0.315 e. The Morgan fingerprint density at radius 2 is 2.00 bits per heavy atom. The molecule has 1 unspecified atom stereocenters. The second-order valence-corrected chi connectivity index (χ2v) is 3.66. The molecular weight excluding hydrogens is 123 g/mol. The van der Waals surface area contributed by atoms with E-state index >= 15 is 0 Å². The smallest absolute Gasteiger partial charge is 0.315 e. The zero-order chi connectivity index (χ0) is 6.78. The monoisotopic (exact) mass is 134 g/mol. The second-order valence-electron chi connectivity index (χ2n) is 2.21. The van der Waals surface area contributed by atoms with Crippen molar-refractivity contribution in [3.63, 3.8) is 0 Å². The normalized spacial score (nSPS) is 11.0. The van der Waals surface area contributed by atoms with E-state index in [1.807, 2.05) is 0 Å². The predicted octanol–water partition coefficient (Wildman–Crippen LogP) is 0.813. The van der Waals surface area contributed by atoms with Crippen molar-refractivity contribution in [3.05, 3.63) is 0 Å². The lowest BCUT2D eigenvalue weighted by Gasteiger charge is -2.13. The highest BCUT2D eigenvalue weighted by Gasteiger charge is 2.21. The molecule has 48 valence electrons. The summed E-state index contributed by atoms with van der Waals surface area (Å²) in [5, 5.41) is -0.436. The standard InChI is InChI=1S/C5H11O2P/c1-5(2,8)4(6)7-3/h8H2,1-3H3. The number of hydrogen-bond acceptors (Lipinski definition) is 2. The minimum atomic E-state index is -0.436. The highest BCUT2D eigenvalue weighted by molar-refractivity contribution is 7.20. The zero-order valence-electron chi connectivity index (χ0n) is 5.39. The van der Waals surface area contributed by atoms with Gasteiger partial charge in [-0.3, -0.25) is 4.79 Å². The minimum absolute atomic E-state index is 0.206. The van der Waals surface area contributed by atoms with E-state index in [1.54, 1.807) is 13.8 Å². The molecule has 0 N–H and O–H groups in total. The topological polar surface area (TPSA) is 26.3 Å². The molecule has 0 aliphatic heterocycles. The maximum absolute atomic E-state index is 10.6. The summed E-state index contributed by atoms with van der Waals surface area (Å²) in [5.74, 6) is -0.206. The lowest BCUT2D eigenvalue weighted by atomic mass is 10.2. The third-order valence-electron chi connectivity index (χ3n) is 0.711. The highest BCUT2D eigenvalue weighted by Crippen LogP contribution is 2.16. The fourth-order valence-electron chi connectivity index (χ4n) is 0.263. The van der Waals surface area contributed by atoms with E-state index < -0.39 is 5.16 Å². The highest BCUT2D eigenvalue weighted by atomic mass is 31.0. The van der Waals surface area contributed by atoms with Crippen LogP contribution in [0.25, 0.3) is 0 Å². The van der Waals surface area contributed by atoms with E-state index in [1.165, 1.54) is 7.11 Å². The first kappa shape index (κ1) is 7.90. The van der Waals surface area contributed by atoms with Gasteiger partial charge in [-0.15, -0.1) is 9.24 Å². The fourth-order valence-corrected chi connectivity index (χ4v) is 0.381. The van der Waals surface area contributed by atoms with Crippen LogP contribution in [0.5, 0.6) is 0 Å². The zero-order valence-corrected chi connectivity index (χ0v) is 6.55. The van der Waals surface area contributed by atoms with Crippen LogP contribution in [0.1, 0.15) is 13.8 Å². The first-order valence-electron chi connectivity index (χ1n) is 2.36. The summed E-state index contributed by atoms with van der Waals surface area (Å²) in [6.45, 7) is 3.56. The van der Waals surface area contributed by atoms with Crippen molar-refractivity contribution in [2.24, 2.45) is 0 Å². The van der Waals surface area contributed by atoms with Crippen molar-refractivity contribution in [1.82, 2.24) is 0 Å². The Morgan fingerprint density at radius 1 is 1.62 bits per heavy atom. The van der Waals surface area contributed by atoms with Crippen molar-refractivity contribution in [1.29, 1.82) is 0 Å². The summed E-state index contributed by atoms with van der Waals surface area (Å²) in [5.41, 5.74) is 0. The SMILES string of the molecule is COC(=O)C(C)(C)P. The third kappa shape index (κ3) is 2.27. The van der Waals surface area contributed by atoms with Gasteiger partial charge in [-0.2, -0.15) is 0 Å². The van der Waals surface area contributed by atoms with Crippen LogP contribution in [-0.4, -0.2) is 18.2 Å². The van der Waals surface area contributed by atoms with Crippen LogP contribution in [0, 0.1) is 0 Å². The van der Waals surface area contributed by atoms with Crippen LogP contribution >= 0.6 is 9.24 Å². The number of esters is 1. The van der Waals surface area contributed by atoms with E-state index in [4.69, 9.17) is 0 Å². The Labute approximate surface area is 51.8 Å². The van der Waals surface area contributed by atoms with Gasteiger partial charge < -0.3 is 4.74 Å². The van der Waals surface area contributed by atoms with Crippen molar-refractivity contribution < 1.29 is 9.53 Å². The molecule has 0 radical (unpaired) electrons. The van der Waals surface area contributed by atoms with Gasteiger partial charge in [-0.25, -0.2) is 0 Å². The Kier molecular flexibility index (Phi) is 2.42. The molecule has 0 heterocycles. The fraction of sp³-hybridized carbons (Fsp3) is 0.800. The second kappa shape index (κ2) is 2.45. The lowest BCUT2D eigenvalue weighted by Crippen LogP contribution is -2.24. The number of methoxy groups -OCH3 is 1. The summed E-state index contributed by atoms with van der Waals surface area (Å²) in [4.78, 5) is 10.6. The van der Waals surface area contributed by atoms with Gasteiger partial charge in [0.15, 0.2) is 0 Å². The van der Waals surface area contributed by atoms with Gasteiger partial charge in [0, 0.05) is 0 Å². The van der Waals surface area contributed by atoms with Gasteiger partial charge in [0.25, 0.3) is 0 Å². The number of carbonyl (C=O) groups excluding carboxylic acids is 1. The van der Waals surface area contributed by atoms with Crippen LogP contribution in [-0.2, 0) is 9.53 Å². The first-order chi connectivity index (χ1) is 3.48. The van der Waals surface area contributed by atoms with Crippen molar-refractivity contribution in [2.45, 2.75) is 19.0 Å². The molecule has 0 saturated carbocycles. The molecule has 2 nitrogen and oxygen atoms in total. The maximum atomic E-state index is 10.6. The summed E-state index contributed by atoms with van der Waals surface area (Å²) < 4.78 is 4.45. The van der Waals surface area contributed by atoms with Crippen molar-refractivity contribution >= 4 is 15.2 Å². The molecular formula is C5H11O2P. The minimum Gasteiger partial charge on any atom is -0.468 e. The molecule has 8 heavy (non-hydrogen) atoms. The predicted molar refractivity (Wildman–Crippen MR) is 35.8 cm³/mol. The van der Waals surface area contributed by atoms with E-state index in [-0.39, 0.29) is 5.97 Å². The van der Waals surface area contributed by atoms with Gasteiger partial charge in [0.1, 0.15) is 0 Å². The number of ether oxygens (including phenoxy) is 1. The first-order valence-corrected chi connectivity index (χ1v) is 2.93. The molecule has 0 spiro atoms. The van der Waals surface area contributed by atoms with Gasteiger partial charge in [0.2, 0.25) is 0 Å².